The van der Waals surface area contributed by atoms with Crippen LogP contribution in [-0.2, 0) is 0 Å². The van der Waals surface area contributed by atoms with Crippen molar-refractivity contribution in [1.29, 1.82) is 0 Å². The first-order chi connectivity index (χ1) is 9.69. The molecule has 1 heteroatoms. The molecule has 1 N–H and O–H groups in total. The molecule has 0 fully saturated rings. The summed E-state index contributed by atoms with van der Waals surface area (Å²) in [5.74, 6) is 0. The van der Waals surface area contributed by atoms with Crippen molar-refractivity contribution in [3.8, 4) is 0 Å². The highest BCUT2D eigenvalue weighted by Gasteiger charge is 2.12. The average molecular weight is 275 g/mol. The van der Waals surface area contributed by atoms with Crippen LogP contribution in [0.4, 0.5) is 0 Å². The first-order valence-electron chi connectivity index (χ1n) is 8.49. The lowest BCUT2D eigenvalue weighted by molar-refractivity contribution is 0.475. The standard InChI is InChI=1S/C19H33N/c1-5-7-8-9-10-11-12-19(20-6-2)18-15-16(3)13-14-17(18)4/h13-15,19-20H,5-12H2,1-4H3. The molecule has 0 radical (unpaired) electrons. The molecule has 1 rings (SSSR count). The third kappa shape index (κ3) is 6.09. The van der Waals surface area contributed by atoms with Gasteiger partial charge in [-0.1, -0.05) is 76.1 Å². The second-order valence-corrected chi connectivity index (χ2v) is 6.03. The number of hydrogen-bond acceptors (Lipinski definition) is 1. The molecule has 20 heavy (non-hydrogen) atoms. The third-order valence-electron chi connectivity index (χ3n) is 4.11. The van der Waals surface area contributed by atoms with Crippen LogP contribution in [0.1, 0.15) is 81.5 Å². The summed E-state index contributed by atoms with van der Waals surface area (Å²) in [5, 5.41) is 3.67. The molecule has 0 spiro atoms. The molecule has 0 saturated carbocycles. The number of rotatable bonds is 10. The predicted molar refractivity (Wildman–Crippen MR) is 90.3 cm³/mol. The summed E-state index contributed by atoms with van der Waals surface area (Å²) in [6.07, 6.45) is 9.53. The van der Waals surface area contributed by atoms with E-state index in [1.807, 2.05) is 0 Å². The lowest BCUT2D eigenvalue weighted by atomic mass is 9.94. The molecule has 1 unspecified atom stereocenters. The molecular formula is C19H33N. The first kappa shape index (κ1) is 17.2. The maximum Gasteiger partial charge on any atom is 0.0322 e. The van der Waals surface area contributed by atoms with Crippen LogP contribution >= 0.6 is 0 Å². The molecule has 0 saturated heterocycles. The van der Waals surface area contributed by atoms with Gasteiger partial charge >= 0.3 is 0 Å². The Morgan fingerprint density at radius 2 is 1.65 bits per heavy atom. The molecule has 0 aromatic heterocycles. The lowest BCUT2D eigenvalue weighted by Gasteiger charge is -2.21. The van der Waals surface area contributed by atoms with Gasteiger partial charge in [0.15, 0.2) is 0 Å². The van der Waals surface area contributed by atoms with Crippen molar-refractivity contribution in [2.45, 2.75) is 78.7 Å². The Balaban J connectivity index is 2.49. The Morgan fingerprint density at radius 3 is 2.35 bits per heavy atom. The summed E-state index contributed by atoms with van der Waals surface area (Å²) < 4.78 is 0. The van der Waals surface area contributed by atoms with Crippen LogP contribution in [0.15, 0.2) is 18.2 Å². The zero-order valence-electron chi connectivity index (χ0n) is 14.0. The molecule has 1 atom stereocenters. The topological polar surface area (TPSA) is 12.0 Å². The minimum atomic E-state index is 0.533. The molecule has 1 aromatic rings. The van der Waals surface area contributed by atoms with Crippen molar-refractivity contribution in [3.05, 3.63) is 34.9 Å². The van der Waals surface area contributed by atoms with Gasteiger partial charge in [-0.25, -0.2) is 0 Å². The summed E-state index contributed by atoms with van der Waals surface area (Å²) in [7, 11) is 0. The summed E-state index contributed by atoms with van der Waals surface area (Å²) in [6, 6.07) is 7.37. The highest BCUT2D eigenvalue weighted by atomic mass is 14.9. The highest BCUT2D eigenvalue weighted by Crippen LogP contribution is 2.24. The Labute approximate surface area is 126 Å². The minimum Gasteiger partial charge on any atom is -0.310 e. The minimum absolute atomic E-state index is 0.533. The Kier molecular flexibility index (Phi) is 8.60. The number of aryl methyl sites for hydroxylation is 2. The molecule has 0 aliphatic heterocycles. The van der Waals surface area contributed by atoms with Gasteiger partial charge in [0, 0.05) is 6.04 Å². The van der Waals surface area contributed by atoms with Crippen LogP contribution in [0.5, 0.6) is 0 Å². The second-order valence-electron chi connectivity index (χ2n) is 6.03. The summed E-state index contributed by atoms with van der Waals surface area (Å²) in [4.78, 5) is 0. The maximum absolute atomic E-state index is 3.67. The number of unbranched alkanes of at least 4 members (excludes halogenated alkanes) is 5. The van der Waals surface area contributed by atoms with Gasteiger partial charge in [-0.05, 0) is 37.9 Å². The van der Waals surface area contributed by atoms with E-state index < -0.39 is 0 Å². The molecule has 0 aliphatic rings. The number of hydrogen-bond donors (Lipinski definition) is 1. The number of benzene rings is 1. The third-order valence-corrected chi connectivity index (χ3v) is 4.11. The molecular weight excluding hydrogens is 242 g/mol. The van der Waals surface area contributed by atoms with E-state index in [0.717, 1.165) is 6.54 Å². The summed E-state index contributed by atoms with van der Waals surface area (Å²) in [6.45, 7) is 9.96. The van der Waals surface area contributed by atoms with Crippen molar-refractivity contribution in [2.24, 2.45) is 0 Å². The molecule has 0 aliphatic carbocycles. The summed E-state index contributed by atoms with van der Waals surface area (Å²) >= 11 is 0. The Hall–Kier alpha value is -0.820. The van der Waals surface area contributed by atoms with Crippen LogP contribution in [0.3, 0.4) is 0 Å². The fraction of sp³-hybridized carbons (Fsp3) is 0.684. The maximum atomic E-state index is 3.67. The molecule has 0 heterocycles. The van der Waals surface area contributed by atoms with Crippen LogP contribution in [0.2, 0.25) is 0 Å². The molecule has 0 amide bonds. The van der Waals surface area contributed by atoms with Crippen LogP contribution in [-0.4, -0.2) is 6.54 Å². The van der Waals surface area contributed by atoms with E-state index in [-0.39, 0.29) is 0 Å². The number of nitrogens with one attached hydrogen (secondary N) is 1. The Bertz CT molecular complexity index is 370. The summed E-state index contributed by atoms with van der Waals surface area (Å²) in [5.41, 5.74) is 4.30. The van der Waals surface area contributed by atoms with E-state index in [0.29, 0.717) is 6.04 Å². The van der Waals surface area contributed by atoms with Crippen molar-refractivity contribution in [3.63, 3.8) is 0 Å². The van der Waals surface area contributed by atoms with Crippen LogP contribution in [0, 0.1) is 13.8 Å². The van der Waals surface area contributed by atoms with Gasteiger partial charge in [0.1, 0.15) is 0 Å². The van der Waals surface area contributed by atoms with Crippen LogP contribution in [0.25, 0.3) is 0 Å². The van der Waals surface area contributed by atoms with Crippen molar-refractivity contribution in [1.82, 2.24) is 5.32 Å². The van der Waals surface area contributed by atoms with Gasteiger partial charge in [0.2, 0.25) is 0 Å². The molecule has 0 bridgehead atoms. The van der Waals surface area contributed by atoms with E-state index >= 15 is 0 Å². The quantitative estimate of drug-likeness (QED) is 0.540. The smallest absolute Gasteiger partial charge is 0.0322 e. The monoisotopic (exact) mass is 275 g/mol. The van der Waals surface area contributed by atoms with E-state index in [1.165, 1.54) is 61.6 Å². The zero-order valence-corrected chi connectivity index (χ0v) is 14.0. The first-order valence-corrected chi connectivity index (χ1v) is 8.49. The van der Waals surface area contributed by atoms with E-state index in [1.54, 1.807) is 0 Å². The fourth-order valence-electron chi connectivity index (χ4n) is 2.88. The molecule has 1 aromatic carbocycles. The normalized spacial score (nSPS) is 12.6. The van der Waals surface area contributed by atoms with Gasteiger partial charge < -0.3 is 5.32 Å². The fourth-order valence-corrected chi connectivity index (χ4v) is 2.88. The molecule has 1 nitrogen and oxygen atoms in total. The second kappa shape index (κ2) is 9.99. The van der Waals surface area contributed by atoms with Crippen molar-refractivity contribution < 1.29 is 0 Å². The van der Waals surface area contributed by atoms with Gasteiger partial charge in [0.05, 0.1) is 0 Å². The molecule has 114 valence electrons. The van der Waals surface area contributed by atoms with Gasteiger partial charge in [0.25, 0.3) is 0 Å². The predicted octanol–water partition coefficient (Wildman–Crippen LogP) is 5.70. The Morgan fingerprint density at radius 1 is 0.950 bits per heavy atom. The van der Waals surface area contributed by atoms with Crippen LogP contribution < -0.4 is 5.32 Å². The zero-order chi connectivity index (χ0) is 14.8. The van der Waals surface area contributed by atoms with Crippen molar-refractivity contribution in [2.75, 3.05) is 6.54 Å². The van der Waals surface area contributed by atoms with Gasteiger partial charge in [-0.15, -0.1) is 0 Å². The SMILES string of the molecule is CCCCCCCCC(NCC)c1cc(C)ccc1C. The highest BCUT2D eigenvalue weighted by molar-refractivity contribution is 5.33. The lowest BCUT2D eigenvalue weighted by Crippen LogP contribution is -2.21. The van der Waals surface area contributed by atoms with E-state index in [4.69, 9.17) is 0 Å². The van der Waals surface area contributed by atoms with Gasteiger partial charge in [-0.3, -0.25) is 0 Å². The average Bonchev–Trinajstić information content (AvgIpc) is 2.44. The largest absolute Gasteiger partial charge is 0.310 e. The van der Waals surface area contributed by atoms with E-state index in [2.05, 4.69) is 51.2 Å². The van der Waals surface area contributed by atoms with Crippen molar-refractivity contribution >= 4 is 0 Å². The van der Waals surface area contributed by atoms with Gasteiger partial charge in [-0.2, -0.15) is 0 Å². The van der Waals surface area contributed by atoms with E-state index in [9.17, 15) is 0 Å².